The topological polar surface area (TPSA) is 69.5 Å². The van der Waals surface area contributed by atoms with Gasteiger partial charge in [0.15, 0.2) is 0 Å². The van der Waals surface area contributed by atoms with Crippen LogP contribution in [0.25, 0.3) is 10.9 Å². The summed E-state index contributed by atoms with van der Waals surface area (Å²) in [4.78, 5) is 14.8. The molecule has 1 aliphatic heterocycles. The quantitative estimate of drug-likeness (QED) is 0.680. The average Bonchev–Trinajstić information content (AvgIpc) is 3.04. The summed E-state index contributed by atoms with van der Waals surface area (Å²) in [6.45, 7) is 1.33. The Morgan fingerprint density at radius 1 is 1.18 bits per heavy atom. The number of amides is 1. The molecule has 0 bridgehead atoms. The molecular formula is C21H24N4O3. The number of rotatable bonds is 5. The van der Waals surface area contributed by atoms with Crippen molar-refractivity contribution in [1.82, 2.24) is 19.7 Å². The highest BCUT2D eigenvalue weighted by atomic mass is 16.5. The molecule has 0 radical (unpaired) electrons. The Kier molecular flexibility index (Phi) is 5.14. The summed E-state index contributed by atoms with van der Waals surface area (Å²) < 4.78 is 13.0. The minimum atomic E-state index is -0.0760. The Hall–Kier alpha value is -3.09. The Morgan fingerprint density at radius 3 is 2.75 bits per heavy atom. The van der Waals surface area contributed by atoms with Gasteiger partial charge < -0.3 is 18.9 Å². The van der Waals surface area contributed by atoms with Gasteiger partial charge >= 0.3 is 0 Å². The van der Waals surface area contributed by atoms with Crippen molar-refractivity contribution in [1.29, 1.82) is 0 Å². The second-order valence-corrected chi connectivity index (χ2v) is 7.09. The third kappa shape index (κ3) is 3.78. The second kappa shape index (κ2) is 7.88. The van der Waals surface area contributed by atoms with E-state index in [1.165, 1.54) is 0 Å². The lowest BCUT2D eigenvalue weighted by atomic mass is 10.1. The Labute approximate surface area is 163 Å². The standard InChI is InChI=1S/C21H24N4O3/c1-24-13-15(17-7-3-4-8-18(17)24)12-21(26)25-11-5-6-16(14-25)28-20-10-9-19(27-2)22-23-20/h3-4,7-10,13,16H,5-6,11-12,14H2,1-2H3. The monoisotopic (exact) mass is 380 g/mol. The number of piperidine rings is 1. The minimum absolute atomic E-state index is 0.0760. The zero-order valence-corrected chi connectivity index (χ0v) is 16.2. The van der Waals surface area contributed by atoms with E-state index in [0.717, 1.165) is 35.9 Å². The van der Waals surface area contributed by atoms with Gasteiger partial charge in [-0.05, 0) is 24.5 Å². The maximum absolute atomic E-state index is 12.9. The molecule has 1 fully saturated rings. The Bertz CT molecular complexity index is 967. The fraction of sp³-hybridized carbons (Fsp3) is 0.381. The number of carbonyl (C=O) groups is 1. The fourth-order valence-corrected chi connectivity index (χ4v) is 3.75. The summed E-state index contributed by atoms with van der Waals surface area (Å²) in [6.07, 6.45) is 4.18. The van der Waals surface area contributed by atoms with E-state index in [2.05, 4.69) is 26.9 Å². The molecule has 2 aromatic heterocycles. The first-order valence-electron chi connectivity index (χ1n) is 9.49. The Morgan fingerprint density at radius 2 is 1.96 bits per heavy atom. The Balaban J connectivity index is 1.41. The molecule has 1 unspecified atom stereocenters. The number of likely N-dealkylation sites (tertiary alicyclic amines) is 1. The van der Waals surface area contributed by atoms with Crippen LogP contribution in [-0.4, -0.2) is 51.9 Å². The van der Waals surface area contributed by atoms with Gasteiger partial charge in [-0.3, -0.25) is 4.79 Å². The van der Waals surface area contributed by atoms with Gasteiger partial charge in [0.2, 0.25) is 17.7 Å². The van der Waals surface area contributed by atoms with Gasteiger partial charge in [-0.1, -0.05) is 18.2 Å². The molecule has 1 saturated heterocycles. The molecule has 146 valence electrons. The van der Waals surface area contributed by atoms with Crippen molar-refractivity contribution >= 4 is 16.8 Å². The summed E-state index contributed by atoms with van der Waals surface area (Å²) in [5.41, 5.74) is 2.20. The van der Waals surface area contributed by atoms with Crippen LogP contribution in [0.3, 0.4) is 0 Å². The summed E-state index contributed by atoms with van der Waals surface area (Å²) in [5.74, 6) is 1.03. The lowest BCUT2D eigenvalue weighted by molar-refractivity contribution is -0.133. The number of nitrogens with zero attached hydrogens (tertiary/aromatic N) is 4. The molecule has 7 heteroatoms. The van der Waals surface area contributed by atoms with Crippen LogP contribution >= 0.6 is 0 Å². The lowest BCUT2D eigenvalue weighted by Gasteiger charge is -2.32. The van der Waals surface area contributed by atoms with Crippen molar-refractivity contribution in [3.05, 3.63) is 48.2 Å². The lowest BCUT2D eigenvalue weighted by Crippen LogP contribution is -2.45. The van der Waals surface area contributed by atoms with E-state index in [4.69, 9.17) is 9.47 Å². The molecule has 3 heterocycles. The summed E-state index contributed by atoms with van der Waals surface area (Å²) in [7, 11) is 3.56. The number of hydrogen-bond acceptors (Lipinski definition) is 5. The van der Waals surface area contributed by atoms with Gasteiger partial charge in [-0.15, -0.1) is 10.2 Å². The van der Waals surface area contributed by atoms with E-state index in [1.807, 2.05) is 30.3 Å². The first-order chi connectivity index (χ1) is 13.6. The molecule has 28 heavy (non-hydrogen) atoms. The van der Waals surface area contributed by atoms with Crippen molar-refractivity contribution in [3.8, 4) is 11.8 Å². The number of carbonyl (C=O) groups excluding carboxylic acids is 1. The van der Waals surface area contributed by atoms with Crippen LogP contribution < -0.4 is 9.47 Å². The highest BCUT2D eigenvalue weighted by molar-refractivity contribution is 5.89. The van der Waals surface area contributed by atoms with E-state index in [0.29, 0.717) is 24.7 Å². The van der Waals surface area contributed by atoms with Gasteiger partial charge in [-0.2, -0.15) is 0 Å². The van der Waals surface area contributed by atoms with Crippen molar-refractivity contribution < 1.29 is 14.3 Å². The van der Waals surface area contributed by atoms with Crippen LogP contribution in [0.5, 0.6) is 11.8 Å². The normalized spacial score (nSPS) is 16.9. The van der Waals surface area contributed by atoms with Gasteiger partial charge in [0.05, 0.1) is 20.1 Å². The molecular weight excluding hydrogens is 356 g/mol. The average molecular weight is 380 g/mol. The van der Waals surface area contributed by atoms with E-state index in [9.17, 15) is 4.79 Å². The van der Waals surface area contributed by atoms with Crippen molar-refractivity contribution in [3.63, 3.8) is 0 Å². The third-order valence-electron chi connectivity index (χ3n) is 5.16. The molecule has 0 aliphatic carbocycles. The van der Waals surface area contributed by atoms with Crippen LogP contribution in [0, 0.1) is 0 Å². The molecule has 1 aliphatic rings. The fourth-order valence-electron chi connectivity index (χ4n) is 3.75. The number of aryl methyl sites for hydroxylation is 1. The van der Waals surface area contributed by atoms with Crippen LogP contribution in [-0.2, 0) is 18.3 Å². The second-order valence-electron chi connectivity index (χ2n) is 7.09. The molecule has 7 nitrogen and oxygen atoms in total. The van der Waals surface area contributed by atoms with Crippen LogP contribution in [0.2, 0.25) is 0 Å². The van der Waals surface area contributed by atoms with Crippen molar-refractivity contribution in [2.45, 2.75) is 25.4 Å². The molecule has 1 amide bonds. The van der Waals surface area contributed by atoms with Gasteiger partial charge in [0, 0.05) is 42.8 Å². The number of hydrogen-bond donors (Lipinski definition) is 0. The predicted molar refractivity (Wildman–Crippen MR) is 105 cm³/mol. The van der Waals surface area contributed by atoms with E-state index < -0.39 is 0 Å². The number of methoxy groups -OCH3 is 1. The zero-order chi connectivity index (χ0) is 19.5. The first-order valence-corrected chi connectivity index (χ1v) is 9.49. The zero-order valence-electron chi connectivity index (χ0n) is 16.2. The number of fused-ring (bicyclic) bond motifs is 1. The highest BCUT2D eigenvalue weighted by Crippen LogP contribution is 2.23. The molecule has 4 rings (SSSR count). The third-order valence-corrected chi connectivity index (χ3v) is 5.16. The SMILES string of the molecule is COc1ccc(OC2CCCN(C(=O)Cc3cn(C)c4ccccc34)C2)nn1. The molecule has 1 atom stereocenters. The number of benzene rings is 1. The predicted octanol–water partition coefficient (Wildman–Crippen LogP) is 2.59. The number of ether oxygens (including phenoxy) is 2. The van der Waals surface area contributed by atoms with Crippen LogP contribution in [0.1, 0.15) is 18.4 Å². The summed E-state index contributed by atoms with van der Waals surface area (Å²) in [6, 6.07) is 11.6. The first kappa shape index (κ1) is 18.3. The molecule has 3 aromatic rings. The van der Waals surface area contributed by atoms with Gasteiger partial charge in [0.1, 0.15) is 6.10 Å². The summed E-state index contributed by atoms with van der Waals surface area (Å²) >= 11 is 0. The maximum atomic E-state index is 12.9. The van der Waals surface area contributed by atoms with E-state index in [-0.39, 0.29) is 12.0 Å². The number of aromatic nitrogens is 3. The molecule has 0 saturated carbocycles. The smallest absolute Gasteiger partial charge is 0.233 e. The maximum Gasteiger partial charge on any atom is 0.233 e. The van der Waals surface area contributed by atoms with Gasteiger partial charge in [0.25, 0.3) is 0 Å². The molecule has 0 spiro atoms. The number of para-hydroxylation sites is 1. The van der Waals surface area contributed by atoms with Crippen LogP contribution in [0.15, 0.2) is 42.6 Å². The molecule has 1 aromatic carbocycles. The van der Waals surface area contributed by atoms with Crippen molar-refractivity contribution in [2.24, 2.45) is 7.05 Å². The summed E-state index contributed by atoms with van der Waals surface area (Å²) in [5, 5.41) is 9.07. The largest absolute Gasteiger partial charge is 0.480 e. The van der Waals surface area contributed by atoms with Crippen molar-refractivity contribution in [2.75, 3.05) is 20.2 Å². The molecule has 0 N–H and O–H groups in total. The van der Waals surface area contributed by atoms with E-state index in [1.54, 1.807) is 19.2 Å². The minimum Gasteiger partial charge on any atom is -0.480 e. The van der Waals surface area contributed by atoms with E-state index >= 15 is 0 Å². The van der Waals surface area contributed by atoms with Crippen LogP contribution in [0.4, 0.5) is 0 Å². The van der Waals surface area contributed by atoms with Gasteiger partial charge in [-0.25, -0.2) is 0 Å². The highest BCUT2D eigenvalue weighted by Gasteiger charge is 2.26.